The average Bonchev–Trinajstić information content (AvgIpc) is 2.31. The van der Waals surface area contributed by atoms with Crippen molar-refractivity contribution >= 4 is 5.96 Å². The highest BCUT2D eigenvalue weighted by Gasteiger charge is 2.20. The summed E-state index contributed by atoms with van der Waals surface area (Å²) in [6.07, 6.45) is 3.51. The highest BCUT2D eigenvalue weighted by atomic mass is 19.1. The Morgan fingerprint density at radius 2 is 2.11 bits per heavy atom. The summed E-state index contributed by atoms with van der Waals surface area (Å²) in [4.78, 5) is 4.12. The lowest BCUT2D eigenvalue weighted by Gasteiger charge is -2.29. The molecule has 0 aliphatic heterocycles. The summed E-state index contributed by atoms with van der Waals surface area (Å²) in [5.41, 5.74) is 0.429. The minimum Gasteiger partial charge on any atom is -0.354 e. The van der Waals surface area contributed by atoms with E-state index in [1.807, 2.05) is 6.92 Å². The van der Waals surface area contributed by atoms with Crippen molar-refractivity contribution in [3.8, 4) is 0 Å². The Bertz CT molecular complexity index is 470. The molecule has 19 heavy (non-hydrogen) atoms. The standard InChI is InChI=1S/C14H19F2N3/c1-9(12-7-6-10(15)8-13(12)16)18-14(17-2)19-11-4-3-5-11/h6-9,11H,3-5H2,1-2H3,(H2,17,18,19). The van der Waals surface area contributed by atoms with E-state index in [9.17, 15) is 8.78 Å². The van der Waals surface area contributed by atoms with Gasteiger partial charge >= 0.3 is 0 Å². The van der Waals surface area contributed by atoms with Crippen LogP contribution in [0.3, 0.4) is 0 Å². The van der Waals surface area contributed by atoms with Crippen LogP contribution >= 0.6 is 0 Å². The molecule has 1 aromatic carbocycles. The highest BCUT2D eigenvalue weighted by molar-refractivity contribution is 5.80. The van der Waals surface area contributed by atoms with E-state index in [-0.39, 0.29) is 6.04 Å². The van der Waals surface area contributed by atoms with Gasteiger partial charge in [0.2, 0.25) is 0 Å². The Balaban J connectivity index is 2.00. The normalized spacial score (nSPS) is 17.8. The monoisotopic (exact) mass is 267 g/mol. The molecule has 0 amide bonds. The number of benzene rings is 1. The molecule has 2 N–H and O–H groups in total. The SMILES string of the molecule is CN=C(NC1CCC1)NC(C)c1ccc(F)cc1F. The topological polar surface area (TPSA) is 36.4 Å². The first-order valence-electron chi connectivity index (χ1n) is 6.55. The number of hydrogen-bond acceptors (Lipinski definition) is 1. The first-order chi connectivity index (χ1) is 9.10. The van der Waals surface area contributed by atoms with E-state index in [1.165, 1.54) is 18.6 Å². The number of guanidine groups is 1. The van der Waals surface area contributed by atoms with Gasteiger partial charge in [0.15, 0.2) is 5.96 Å². The summed E-state index contributed by atoms with van der Waals surface area (Å²) in [6, 6.07) is 3.80. The van der Waals surface area contributed by atoms with Gasteiger partial charge in [0.25, 0.3) is 0 Å². The van der Waals surface area contributed by atoms with E-state index in [2.05, 4.69) is 15.6 Å². The molecule has 1 aromatic rings. The lowest BCUT2D eigenvalue weighted by atomic mass is 9.93. The molecule has 0 bridgehead atoms. The van der Waals surface area contributed by atoms with E-state index in [0.29, 0.717) is 17.6 Å². The van der Waals surface area contributed by atoms with Gasteiger partial charge in [-0.15, -0.1) is 0 Å². The predicted molar refractivity (Wildman–Crippen MR) is 72.0 cm³/mol. The molecule has 0 radical (unpaired) electrons. The van der Waals surface area contributed by atoms with Crippen LogP contribution in [0, 0.1) is 11.6 Å². The second-order valence-corrected chi connectivity index (χ2v) is 4.88. The van der Waals surface area contributed by atoms with Crippen LogP contribution in [0.15, 0.2) is 23.2 Å². The fourth-order valence-electron chi connectivity index (χ4n) is 2.05. The molecule has 1 fully saturated rings. The van der Waals surface area contributed by atoms with E-state index >= 15 is 0 Å². The molecule has 104 valence electrons. The number of rotatable bonds is 3. The van der Waals surface area contributed by atoms with Crippen LogP contribution in [0.1, 0.15) is 37.8 Å². The molecular formula is C14H19F2N3. The molecular weight excluding hydrogens is 248 g/mol. The predicted octanol–water partition coefficient (Wildman–Crippen LogP) is 2.74. The van der Waals surface area contributed by atoms with E-state index in [0.717, 1.165) is 18.9 Å². The Morgan fingerprint density at radius 3 is 2.63 bits per heavy atom. The van der Waals surface area contributed by atoms with Crippen molar-refractivity contribution < 1.29 is 8.78 Å². The van der Waals surface area contributed by atoms with Crippen LogP contribution in [0.4, 0.5) is 8.78 Å². The Morgan fingerprint density at radius 1 is 1.37 bits per heavy atom. The van der Waals surface area contributed by atoms with Crippen LogP contribution < -0.4 is 10.6 Å². The third-order valence-electron chi connectivity index (χ3n) is 3.45. The molecule has 0 saturated heterocycles. The molecule has 1 aliphatic carbocycles. The van der Waals surface area contributed by atoms with Gasteiger partial charge in [-0.2, -0.15) is 0 Å². The minimum absolute atomic E-state index is 0.271. The smallest absolute Gasteiger partial charge is 0.191 e. The fourth-order valence-corrected chi connectivity index (χ4v) is 2.05. The van der Waals surface area contributed by atoms with Crippen molar-refractivity contribution in [2.24, 2.45) is 4.99 Å². The third kappa shape index (κ3) is 3.43. The quantitative estimate of drug-likeness (QED) is 0.652. The second-order valence-electron chi connectivity index (χ2n) is 4.88. The van der Waals surface area contributed by atoms with Crippen LogP contribution in [0.25, 0.3) is 0 Å². The summed E-state index contributed by atoms with van der Waals surface area (Å²) in [5, 5.41) is 6.40. The maximum Gasteiger partial charge on any atom is 0.191 e. The van der Waals surface area contributed by atoms with Crippen molar-refractivity contribution in [2.45, 2.75) is 38.3 Å². The van der Waals surface area contributed by atoms with Crippen LogP contribution in [0.2, 0.25) is 0 Å². The van der Waals surface area contributed by atoms with Crippen molar-refractivity contribution in [2.75, 3.05) is 7.05 Å². The lowest BCUT2D eigenvalue weighted by Crippen LogP contribution is -2.47. The van der Waals surface area contributed by atoms with Crippen LogP contribution in [0.5, 0.6) is 0 Å². The molecule has 1 unspecified atom stereocenters. The summed E-state index contributed by atoms with van der Waals surface area (Å²) in [7, 11) is 1.68. The van der Waals surface area contributed by atoms with Gasteiger partial charge in [0.1, 0.15) is 11.6 Å². The Kier molecular flexibility index (Phi) is 4.35. The summed E-state index contributed by atoms with van der Waals surface area (Å²) < 4.78 is 26.5. The number of halogens is 2. The highest BCUT2D eigenvalue weighted by Crippen LogP contribution is 2.19. The van der Waals surface area contributed by atoms with Crippen molar-refractivity contribution in [3.05, 3.63) is 35.4 Å². The van der Waals surface area contributed by atoms with E-state index < -0.39 is 11.6 Å². The van der Waals surface area contributed by atoms with Gasteiger partial charge in [0, 0.05) is 24.7 Å². The molecule has 1 saturated carbocycles. The first kappa shape index (κ1) is 13.8. The van der Waals surface area contributed by atoms with Gasteiger partial charge in [-0.1, -0.05) is 6.07 Å². The molecule has 0 heterocycles. The number of nitrogens with zero attached hydrogens (tertiary/aromatic N) is 1. The molecule has 1 aliphatic rings. The minimum atomic E-state index is -0.564. The average molecular weight is 267 g/mol. The van der Waals surface area contributed by atoms with Crippen LogP contribution in [-0.2, 0) is 0 Å². The van der Waals surface area contributed by atoms with Gasteiger partial charge < -0.3 is 10.6 Å². The van der Waals surface area contributed by atoms with Gasteiger partial charge in [-0.3, -0.25) is 4.99 Å². The Labute approximate surface area is 112 Å². The number of hydrogen-bond donors (Lipinski definition) is 2. The third-order valence-corrected chi connectivity index (χ3v) is 3.45. The van der Waals surface area contributed by atoms with Gasteiger partial charge in [-0.05, 0) is 32.3 Å². The number of nitrogens with one attached hydrogen (secondary N) is 2. The zero-order valence-electron chi connectivity index (χ0n) is 11.2. The van der Waals surface area contributed by atoms with E-state index in [4.69, 9.17) is 0 Å². The van der Waals surface area contributed by atoms with Crippen molar-refractivity contribution in [1.29, 1.82) is 0 Å². The fraction of sp³-hybridized carbons (Fsp3) is 0.500. The van der Waals surface area contributed by atoms with Gasteiger partial charge in [-0.25, -0.2) is 8.78 Å². The Hall–Kier alpha value is -1.65. The first-order valence-corrected chi connectivity index (χ1v) is 6.55. The lowest BCUT2D eigenvalue weighted by molar-refractivity contribution is 0.378. The largest absolute Gasteiger partial charge is 0.354 e. The summed E-state index contributed by atoms with van der Waals surface area (Å²) in [6.45, 7) is 1.82. The molecule has 0 aromatic heterocycles. The van der Waals surface area contributed by atoms with Crippen molar-refractivity contribution in [1.82, 2.24) is 10.6 Å². The zero-order chi connectivity index (χ0) is 13.8. The maximum absolute atomic E-state index is 13.7. The van der Waals surface area contributed by atoms with E-state index in [1.54, 1.807) is 7.05 Å². The molecule has 5 heteroatoms. The summed E-state index contributed by atoms with van der Waals surface area (Å²) >= 11 is 0. The molecule has 1 atom stereocenters. The maximum atomic E-state index is 13.7. The second kappa shape index (κ2) is 5.99. The molecule has 2 rings (SSSR count). The molecule has 0 spiro atoms. The molecule has 3 nitrogen and oxygen atoms in total. The summed E-state index contributed by atoms with van der Waals surface area (Å²) in [5.74, 6) is -0.453. The van der Waals surface area contributed by atoms with Crippen molar-refractivity contribution in [3.63, 3.8) is 0 Å². The number of aliphatic imine (C=N–C) groups is 1. The van der Waals surface area contributed by atoms with Gasteiger partial charge in [0.05, 0.1) is 6.04 Å². The van der Waals surface area contributed by atoms with Crippen LogP contribution in [-0.4, -0.2) is 19.0 Å². The zero-order valence-corrected chi connectivity index (χ0v) is 11.2.